The Morgan fingerprint density at radius 3 is 1.80 bits per heavy atom. The van der Waals surface area contributed by atoms with E-state index in [-0.39, 0.29) is 41.3 Å². The summed E-state index contributed by atoms with van der Waals surface area (Å²) >= 11 is 12.8. The zero-order chi connectivity index (χ0) is 42.5. The number of hydrogen-bond acceptors (Lipinski definition) is 10. The maximum absolute atomic E-state index is 12.8. The minimum Gasteiger partial charge on any atom is -0.345 e. The number of nitrogens with one attached hydrogen (secondary N) is 1. The second kappa shape index (κ2) is 18.8. The van der Waals surface area contributed by atoms with Crippen LogP contribution in [0.3, 0.4) is 0 Å². The van der Waals surface area contributed by atoms with Gasteiger partial charge in [0.2, 0.25) is 23.0 Å². The molecular formula is C42H47Br2ClN12O2. The third-order valence-electron chi connectivity index (χ3n) is 9.99. The molecule has 4 aromatic heterocycles. The van der Waals surface area contributed by atoms with E-state index in [1.54, 1.807) is 48.7 Å². The van der Waals surface area contributed by atoms with Crippen molar-refractivity contribution in [3.63, 3.8) is 0 Å². The minimum atomic E-state index is -0.234. The van der Waals surface area contributed by atoms with Crippen molar-refractivity contribution in [2.24, 2.45) is 0 Å². The lowest BCUT2D eigenvalue weighted by molar-refractivity contribution is -0.120. The van der Waals surface area contributed by atoms with Gasteiger partial charge in [-0.2, -0.15) is 9.97 Å². The van der Waals surface area contributed by atoms with Crippen LogP contribution in [0.15, 0.2) is 94.7 Å². The van der Waals surface area contributed by atoms with Gasteiger partial charge in [0, 0.05) is 71.0 Å². The Hall–Kier alpha value is -5.19. The van der Waals surface area contributed by atoms with Gasteiger partial charge in [0.15, 0.2) is 11.6 Å². The van der Waals surface area contributed by atoms with Crippen LogP contribution in [0.2, 0.25) is 5.28 Å². The first-order chi connectivity index (χ1) is 28.2. The summed E-state index contributed by atoms with van der Waals surface area (Å²) in [5.41, 5.74) is 3.49. The fourth-order valence-corrected chi connectivity index (χ4v) is 8.13. The van der Waals surface area contributed by atoms with E-state index < -0.39 is 0 Å². The van der Waals surface area contributed by atoms with E-state index in [1.165, 1.54) is 0 Å². The number of hydrogen-bond donors (Lipinski definition) is 1. The number of imidazole rings is 2. The number of rotatable bonds is 7. The van der Waals surface area contributed by atoms with Gasteiger partial charge in [0.1, 0.15) is 35.1 Å². The molecule has 308 valence electrons. The fourth-order valence-electron chi connectivity index (χ4n) is 7.21. The van der Waals surface area contributed by atoms with Crippen molar-refractivity contribution in [2.75, 3.05) is 33.7 Å². The summed E-state index contributed by atoms with van der Waals surface area (Å²) in [5.74, 6) is 3.84. The lowest BCUT2D eigenvalue weighted by atomic mass is 10.1. The minimum absolute atomic E-state index is 0.0718. The number of benzene rings is 2. The molecule has 2 aromatic carbocycles. The van der Waals surface area contributed by atoms with Gasteiger partial charge in [-0.15, -0.1) is 0 Å². The maximum Gasteiger partial charge on any atom is 0.249 e. The molecule has 6 aromatic rings. The molecule has 14 nitrogen and oxygen atoms in total. The first-order valence-electron chi connectivity index (χ1n) is 19.3. The molecule has 2 aliphatic heterocycles. The molecule has 0 saturated heterocycles. The van der Waals surface area contributed by atoms with E-state index in [0.717, 1.165) is 55.5 Å². The van der Waals surface area contributed by atoms with Crippen LogP contribution >= 0.6 is 43.5 Å². The topological polar surface area (TPSA) is 145 Å². The lowest BCUT2D eigenvalue weighted by Gasteiger charge is -2.42. The predicted molar refractivity (Wildman–Crippen MR) is 241 cm³/mol. The zero-order valence-corrected chi connectivity index (χ0v) is 38.1. The largest absolute Gasteiger partial charge is 0.345 e. The molecule has 6 heterocycles. The van der Waals surface area contributed by atoms with E-state index in [0.29, 0.717) is 18.1 Å². The summed E-state index contributed by atoms with van der Waals surface area (Å²) in [6.45, 7) is 12.3. The van der Waals surface area contributed by atoms with Crippen LogP contribution in [0.25, 0.3) is 28.7 Å². The lowest BCUT2D eigenvalue weighted by Crippen LogP contribution is -2.55. The Bertz CT molecular complexity index is 2410. The van der Waals surface area contributed by atoms with Crippen molar-refractivity contribution in [3.05, 3.63) is 99.9 Å². The van der Waals surface area contributed by atoms with Gasteiger partial charge in [-0.25, -0.2) is 19.9 Å². The summed E-state index contributed by atoms with van der Waals surface area (Å²) in [4.78, 5) is 61.9. The van der Waals surface area contributed by atoms with E-state index in [9.17, 15) is 9.59 Å². The smallest absolute Gasteiger partial charge is 0.249 e. The summed E-state index contributed by atoms with van der Waals surface area (Å²) in [6, 6.07) is 15.9. The van der Waals surface area contributed by atoms with E-state index in [1.807, 2.05) is 98.1 Å². The van der Waals surface area contributed by atoms with Crippen LogP contribution in [-0.2, 0) is 9.59 Å². The second-order valence-corrected chi connectivity index (χ2v) is 16.6. The Kier molecular flexibility index (Phi) is 13.8. The Morgan fingerprint density at radius 2 is 1.27 bits per heavy atom. The van der Waals surface area contributed by atoms with Gasteiger partial charge in [-0.1, -0.05) is 70.0 Å². The average molecular weight is 947 g/mol. The number of anilines is 4. The van der Waals surface area contributed by atoms with Gasteiger partial charge >= 0.3 is 0 Å². The molecule has 2 atom stereocenters. The van der Waals surface area contributed by atoms with Crippen LogP contribution in [0, 0.1) is 0 Å². The van der Waals surface area contributed by atoms with Crippen molar-refractivity contribution in [1.29, 1.82) is 0 Å². The number of amides is 2. The van der Waals surface area contributed by atoms with Crippen LogP contribution in [0.5, 0.6) is 0 Å². The quantitative estimate of drug-likeness (QED) is 0.154. The number of carbonyl (C=O) groups excluding carboxylic acids is 2. The fraction of sp³-hybridized carbons (Fsp3) is 0.333. The Morgan fingerprint density at radius 1 is 0.729 bits per heavy atom. The van der Waals surface area contributed by atoms with Gasteiger partial charge in [-0.05, 0) is 76.4 Å². The monoisotopic (exact) mass is 944 g/mol. The molecule has 59 heavy (non-hydrogen) atoms. The van der Waals surface area contributed by atoms with Gasteiger partial charge in [-0.3, -0.25) is 14.2 Å². The van der Waals surface area contributed by atoms with Crippen LogP contribution in [-0.4, -0.2) is 89.5 Å². The number of fused-ring (bicyclic) bond motifs is 2. The van der Waals surface area contributed by atoms with Crippen LogP contribution < -0.4 is 19.6 Å². The van der Waals surface area contributed by atoms with Gasteiger partial charge in [0.25, 0.3) is 0 Å². The molecule has 0 radical (unpaired) electrons. The summed E-state index contributed by atoms with van der Waals surface area (Å²) in [6.07, 6.45) is 11.9. The molecule has 2 aliphatic rings. The molecule has 0 unspecified atom stereocenters. The number of halogens is 3. The molecule has 2 amide bonds. The van der Waals surface area contributed by atoms with Gasteiger partial charge in [0.05, 0.1) is 12.4 Å². The third kappa shape index (κ3) is 9.19. The highest BCUT2D eigenvalue weighted by Crippen LogP contribution is 2.37. The Labute approximate surface area is 366 Å². The molecule has 8 rings (SSSR count). The van der Waals surface area contributed by atoms with Crippen molar-refractivity contribution in [3.8, 4) is 28.7 Å². The molecule has 0 fully saturated rings. The van der Waals surface area contributed by atoms with Gasteiger partial charge < -0.3 is 24.6 Å². The normalized spacial score (nSPS) is 16.1. The van der Waals surface area contributed by atoms with Crippen LogP contribution in [0.1, 0.15) is 54.4 Å². The molecule has 0 bridgehead atoms. The number of carbonyl (C=O) groups is 2. The number of aromatic amines is 1. The standard InChI is InChI=1S/C21H23BrN6O.C12H17ClN4O.C9H7BrN2/c1-5-16-20(29)26(4)17-12-24-21(25-19(17)28(16)13(2)3)27-10-9-23-18(27)14-7-6-8-15(22)11-14;1-5-8-11(18)16(4)9-6-14-12(13)15-10(9)17(8)7(2)3;10-8-3-1-2-7(6-8)9-11-4-5-12-9/h6-13,16H,5H2,1-4H3;6-8H,5H2,1-4H3;1-6H,(H,11,12)/t16-;8-;/m11./s1. The van der Waals surface area contributed by atoms with Crippen molar-refractivity contribution in [2.45, 2.75) is 78.6 Å². The maximum atomic E-state index is 12.8. The van der Waals surface area contributed by atoms with Crippen molar-refractivity contribution in [1.82, 2.24) is 39.5 Å². The first kappa shape index (κ1) is 43.4. The first-order valence-corrected chi connectivity index (χ1v) is 21.3. The third-order valence-corrected chi connectivity index (χ3v) is 11.2. The number of aromatic nitrogens is 8. The second-order valence-electron chi connectivity index (χ2n) is 14.5. The number of likely N-dealkylation sites (N-methyl/N-ethyl adjacent to an activating group) is 2. The zero-order valence-electron chi connectivity index (χ0n) is 34.2. The van der Waals surface area contributed by atoms with E-state index in [2.05, 4.69) is 80.5 Å². The summed E-state index contributed by atoms with van der Waals surface area (Å²) in [5, 5.41) is 0.206. The van der Waals surface area contributed by atoms with Crippen LogP contribution in [0.4, 0.5) is 23.0 Å². The molecule has 1 N–H and O–H groups in total. The predicted octanol–water partition coefficient (Wildman–Crippen LogP) is 9.00. The van der Waals surface area contributed by atoms with E-state index in [4.69, 9.17) is 16.6 Å². The molecule has 0 saturated carbocycles. The number of nitrogens with zero attached hydrogens (tertiary/aromatic N) is 11. The molecular weight excluding hydrogens is 900 g/mol. The van der Waals surface area contributed by atoms with Crippen molar-refractivity contribution >= 4 is 78.3 Å². The number of H-pyrrole nitrogens is 1. The SMILES string of the molecule is Brc1cccc(-c2ncc[nH]2)c1.CC[C@@H]1C(=O)N(C)c2cnc(-n3ccnc3-c3cccc(Br)c3)nc2N1C(C)C.CC[C@@H]1C(=O)N(C)c2cnc(Cl)nc2N1C(C)C. The van der Waals surface area contributed by atoms with Crippen molar-refractivity contribution < 1.29 is 9.59 Å². The highest BCUT2D eigenvalue weighted by Gasteiger charge is 2.39. The summed E-state index contributed by atoms with van der Waals surface area (Å²) in [7, 11) is 3.54. The molecule has 0 spiro atoms. The van der Waals surface area contributed by atoms with E-state index >= 15 is 0 Å². The Balaban J connectivity index is 0.000000165. The molecule has 17 heteroatoms. The average Bonchev–Trinajstić information content (AvgIpc) is 3.94. The highest BCUT2D eigenvalue weighted by atomic mass is 79.9. The highest BCUT2D eigenvalue weighted by molar-refractivity contribution is 9.10. The molecule has 0 aliphatic carbocycles. The summed E-state index contributed by atoms with van der Waals surface area (Å²) < 4.78 is 3.92.